The lowest BCUT2D eigenvalue weighted by Crippen LogP contribution is -2.24. The quantitative estimate of drug-likeness (QED) is 0.679. The van der Waals surface area contributed by atoms with Crippen LogP contribution in [0.4, 0.5) is 5.69 Å². The Morgan fingerprint density at radius 2 is 1.92 bits per heavy atom. The molecule has 2 aromatic carbocycles. The zero-order valence-corrected chi connectivity index (χ0v) is 13.9. The van der Waals surface area contributed by atoms with Crippen LogP contribution in [0.15, 0.2) is 46.9 Å². The van der Waals surface area contributed by atoms with E-state index in [1.807, 2.05) is 24.3 Å². The summed E-state index contributed by atoms with van der Waals surface area (Å²) in [6.07, 6.45) is 5.33. The Hall–Kier alpha value is -2.82. The van der Waals surface area contributed by atoms with Crippen LogP contribution >= 0.6 is 0 Å². The summed E-state index contributed by atoms with van der Waals surface area (Å²) in [7, 11) is 0. The van der Waals surface area contributed by atoms with Gasteiger partial charge in [-0.15, -0.1) is 0 Å². The van der Waals surface area contributed by atoms with Crippen LogP contribution in [-0.2, 0) is 4.79 Å². The third-order valence-electron chi connectivity index (χ3n) is 4.76. The fourth-order valence-corrected chi connectivity index (χ4v) is 3.38. The maximum Gasteiger partial charge on any atom is 0.231 e. The molecular formula is C20H20N2O3. The fourth-order valence-electron chi connectivity index (χ4n) is 3.38. The molecular weight excluding hydrogens is 316 g/mol. The minimum atomic E-state index is 0.0499. The average Bonchev–Trinajstić information content (AvgIpc) is 3.08. The zero-order chi connectivity index (χ0) is 17.2. The van der Waals surface area contributed by atoms with Gasteiger partial charge in [0.1, 0.15) is 11.3 Å². The Morgan fingerprint density at radius 3 is 2.72 bits per heavy atom. The van der Waals surface area contributed by atoms with Gasteiger partial charge in [0, 0.05) is 11.6 Å². The van der Waals surface area contributed by atoms with Crippen LogP contribution in [0.3, 0.4) is 0 Å². The number of anilines is 1. The number of rotatable bonds is 3. The smallest absolute Gasteiger partial charge is 0.231 e. The van der Waals surface area contributed by atoms with Crippen molar-refractivity contribution in [3.8, 4) is 17.2 Å². The third kappa shape index (κ3) is 3.22. The van der Waals surface area contributed by atoms with Crippen LogP contribution < -0.4 is 5.32 Å². The lowest BCUT2D eigenvalue weighted by Gasteiger charge is -2.20. The average molecular weight is 336 g/mol. The molecule has 25 heavy (non-hydrogen) atoms. The number of benzene rings is 2. The minimum Gasteiger partial charge on any atom is -0.507 e. The molecule has 3 aromatic rings. The Morgan fingerprint density at radius 1 is 1.12 bits per heavy atom. The van der Waals surface area contributed by atoms with Crippen molar-refractivity contribution >= 4 is 22.7 Å². The van der Waals surface area contributed by atoms with Crippen molar-refractivity contribution in [1.82, 2.24) is 4.98 Å². The zero-order valence-electron chi connectivity index (χ0n) is 13.9. The topological polar surface area (TPSA) is 75.4 Å². The van der Waals surface area contributed by atoms with E-state index in [0.717, 1.165) is 31.2 Å². The fraction of sp³-hybridized carbons (Fsp3) is 0.300. The predicted molar refractivity (Wildman–Crippen MR) is 96.3 cm³/mol. The number of phenolic OH excluding ortho intramolecular Hbond substituents is 1. The molecule has 1 aromatic heterocycles. The number of oxazole rings is 1. The molecule has 1 aliphatic carbocycles. The van der Waals surface area contributed by atoms with E-state index in [-0.39, 0.29) is 17.6 Å². The largest absolute Gasteiger partial charge is 0.507 e. The molecule has 0 bridgehead atoms. The molecule has 1 fully saturated rings. The molecule has 128 valence electrons. The lowest BCUT2D eigenvalue weighted by molar-refractivity contribution is -0.120. The Balaban J connectivity index is 1.60. The normalized spacial score (nSPS) is 15.4. The maximum absolute atomic E-state index is 12.4. The van der Waals surface area contributed by atoms with Gasteiger partial charge in [-0.2, -0.15) is 0 Å². The van der Waals surface area contributed by atoms with E-state index in [2.05, 4.69) is 10.3 Å². The Labute approximate surface area is 145 Å². The molecule has 0 atom stereocenters. The number of nitrogens with zero attached hydrogens (tertiary/aromatic N) is 1. The van der Waals surface area contributed by atoms with E-state index >= 15 is 0 Å². The molecule has 0 unspecified atom stereocenters. The van der Waals surface area contributed by atoms with Gasteiger partial charge in [-0.1, -0.05) is 31.4 Å². The number of carbonyl (C=O) groups excluding carboxylic acids is 1. The van der Waals surface area contributed by atoms with Crippen LogP contribution in [0.5, 0.6) is 5.75 Å². The highest BCUT2D eigenvalue weighted by atomic mass is 16.3. The number of aromatic nitrogens is 1. The highest BCUT2D eigenvalue weighted by Gasteiger charge is 2.21. The number of para-hydroxylation sites is 2. The second-order valence-electron chi connectivity index (χ2n) is 6.54. The number of fused-ring (bicyclic) bond motifs is 1. The Kier molecular flexibility index (Phi) is 4.14. The predicted octanol–water partition coefficient (Wildman–Crippen LogP) is 4.72. The second-order valence-corrected chi connectivity index (χ2v) is 6.54. The SMILES string of the molecule is O=C(Nc1ccc(O)c(-c2nc3ccccc3o2)c1)C1CCCCC1. The number of nitrogens with one attached hydrogen (secondary N) is 1. The van der Waals surface area contributed by atoms with Crippen molar-refractivity contribution in [2.24, 2.45) is 5.92 Å². The Bertz CT molecular complexity index is 877. The van der Waals surface area contributed by atoms with Crippen molar-refractivity contribution in [2.45, 2.75) is 32.1 Å². The summed E-state index contributed by atoms with van der Waals surface area (Å²) in [5, 5.41) is 13.1. The molecule has 5 nitrogen and oxygen atoms in total. The highest BCUT2D eigenvalue weighted by molar-refractivity contribution is 5.93. The summed E-state index contributed by atoms with van der Waals surface area (Å²) in [5.41, 5.74) is 2.50. The number of aromatic hydroxyl groups is 1. The van der Waals surface area contributed by atoms with Crippen LogP contribution in [-0.4, -0.2) is 16.0 Å². The van der Waals surface area contributed by atoms with E-state index in [4.69, 9.17) is 4.42 Å². The van der Waals surface area contributed by atoms with E-state index < -0.39 is 0 Å². The first-order valence-corrected chi connectivity index (χ1v) is 8.70. The molecule has 0 saturated heterocycles. The summed E-state index contributed by atoms with van der Waals surface area (Å²) in [6, 6.07) is 12.4. The van der Waals surface area contributed by atoms with Gasteiger partial charge in [0.15, 0.2) is 5.58 Å². The van der Waals surface area contributed by atoms with Gasteiger partial charge >= 0.3 is 0 Å². The van der Waals surface area contributed by atoms with Crippen LogP contribution in [0, 0.1) is 5.92 Å². The molecule has 0 aliphatic heterocycles. The van der Waals surface area contributed by atoms with Gasteiger partial charge in [-0.25, -0.2) is 4.98 Å². The summed E-state index contributed by atoms with van der Waals surface area (Å²) < 4.78 is 5.73. The van der Waals surface area contributed by atoms with Crippen molar-refractivity contribution < 1.29 is 14.3 Å². The number of amides is 1. The molecule has 2 N–H and O–H groups in total. The summed E-state index contributed by atoms with van der Waals surface area (Å²) >= 11 is 0. The third-order valence-corrected chi connectivity index (χ3v) is 4.76. The first kappa shape index (κ1) is 15.7. The van der Waals surface area contributed by atoms with Gasteiger partial charge in [-0.05, 0) is 43.2 Å². The van der Waals surface area contributed by atoms with E-state index in [1.54, 1.807) is 18.2 Å². The van der Waals surface area contributed by atoms with Crippen LogP contribution in [0.25, 0.3) is 22.6 Å². The molecule has 1 amide bonds. The molecule has 4 rings (SSSR count). The van der Waals surface area contributed by atoms with Crippen LogP contribution in [0.1, 0.15) is 32.1 Å². The van der Waals surface area contributed by atoms with Gasteiger partial charge in [0.05, 0.1) is 5.56 Å². The number of carbonyl (C=O) groups is 1. The first-order valence-electron chi connectivity index (χ1n) is 8.70. The number of hydrogen-bond acceptors (Lipinski definition) is 4. The maximum atomic E-state index is 12.4. The molecule has 1 heterocycles. The van der Waals surface area contributed by atoms with E-state index in [1.165, 1.54) is 6.42 Å². The van der Waals surface area contributed by atoms with E-state index in [0.29, 0.717) is 22.7 Å². The summed E-state index contributed by atoms with van der Waals surface area (Å²) in [5.74, 6) is 0.541. The highest BCUT2D eigenvalue weighted by Crippen LogP contribution is 2.33. The molecule has 0 spiro atoms. The second kappa shape index (κ2) is 6.59. The summed E-state index contributed by atoms with van der Waals surface area (Å²) in [6.45, 7) is 0. The van der Waals surface area contributed by atoms with Crippen LogP contribution in [0.2, 0.25) is 0 Å². The number of hydrogen-bond donors (Lipinski definition) is 2. The monoisotopic (exact) mass is 336 g/mol. The van der Waals surface area contributed by atoms with Crippen molar-refractivity contribution in [3.63, 3.8) is 0 Å². The molecule has 1 saturated carbocycles. The number of phenols is 1. The lowest BCUT2D eigenvalue weighted by atomic mass is 9.88. The van der Waals surface area contributed by atoms with Gasteiger partial charge in [0.2, 0.25) is 11.8 Å². The standard InChI is InChI=1S/C20H20N2O3/c23-17-11-10-14(21-19(24)13-6-2-1-3-7-13)12-15(17)20-22-16-8-4-5-9-18(16)25-20/h4-5,8-13,23H,1-3,6-7H2,(H,21,24). The van der Waals surface area contributed by atoms with Gasteiger partial charge < -0.3 is 14.8 Å². The molecule has 5 heteroatoms. The summed E-state index contributed by atoms with van der Waals surface area (Å²) in [4.78, 5) is 16.8. The first-order chi connectivity index (χ1) is 12.2. The van der Waals surface area contributed by atoms with Crippen molar-refractivity contribution in [2.75, 3.05) is 5.32 Å². The van der Waals surface area contributed by atoms with Gasteiger partial charge in [-0.3, -0.25) is 4.79 Å². The molecule has 0 radical (unpaired) electrons. The van der Waals surface area contributed by atoms with Crippen molar-refractivity contribution in [3.05, 3.63) is 42.5 Å². The minimum absolute atomic E-state index is 0.0499. The molecule has 1 aliphatic rings. The van der Waals surface area contributed by atoms with Gasteiger partial charge in [0.25, 0.3) is 0 Å². The van der Waals surface area contributed by atoms with Crippen molar-refractivity contribution in [1.29, 1.82) is 0 Å². The van der Waals surface area contributed by atoms with E-state index in [9.17, 15) is 9.90 Å².